The number of halogens is 5. The summed E-state index contributed by atoms with van der Waals surface area (Å²) in [5, 5.41) is 12.8. The van der Waals surface area contributed by atoms with Crippen molar-refractivity contribution in [2.75, 3.05) is 18.5 Å². The summed E-state index contributed by atoms with van der Waals surface area (Å²) in [5.41, 5.74) is 12.1. The lowest BCUT2D eigenvalue weighted by Gasteiger charge is -2.25. The second kappa shape index (κ2) is 28.4. The van der Waals surface area contributed by atoms with Gasteiger partial charge in [0.05, 0.1) is 38.5 Å². The first-order valence-corrected chi connectivity index (χ1v) is 37.8. The first kappa shape index (κ1) is 66.3. The van der Waals surface area contributed by atoms with Gasteiger partial charge in [-0.25, -0.2) is 29.5 Å². The van der Waals surface area contributed by atoms with Gasteiger partial charge in [-0.2, -0.15) is 0 Å². The Morgan fingerprint density at radius 1 is 0.654 bits per heavy atom. The van der Waals surface area contributed by atoms with Crippen LogP contribution in [0.5, 0.6) is 0 Å². The topological polar surface area (TPSA) is 195 Å². The number of anilines is 1. The third kappa shape index (κ3) is 19.6. The fraction of sp³-hybridized carbons (Fsp3) is 0.552. The van der Waals surface area contributed by atoms with Gasteiger partial charge in [0.25, 0.3) is 0 Å². The molecule has 2 saturated carbocycles. The number of hydrogen-bond donors (Lipinski definition) is 4. The molecule has 444 valence electrons. The molecule has 0 bridgehead atoms. The molecule has 16 nitrogen and oxygen atoms in total. The number of hydrogen-bond acceptors (Lipinski definition) is 12. The number of nitrogens with one attached hydrogen (secondary N) is 3. The molecule has 4 aromatic heterocycles. The molecular formula is C58H83Br2Cl3N10O6Si2. The number of carbonyl (C=O) groups is 2. The van der Waals surface area contributed by atoms with Crippen molar-refractivity contribution in [3.63, 3.8) is 0 Å². The molecule has 5 N–H and O–H groups in total. The minimum atomic E-state index is -1.19. The molecule has 2 fully saturated rings. The van der Waals surface area contributed by atoms with E-state index in [2.05, 4.69) is 119 Å². The summed E-state index contributed by atoms with van der Waals surface area (Å²) in [6.07, 6.45) is 12.7. The van der Waals surface area contributed by atoms with Crippen LogP contribution in [0.25, 0.3) is 44.3 Å². The Morgan fingerprint density at radius 2 is 1.09 bits per heavy atom. The molecule has 6 aromatic rings. The maximum Gasteiger partial charge on any atom is 0.407 e. The van der Waals surface area contributed by atoms with Gasteiger partial charge in [-0.05, 0) is 173 Å². The van der Waals surface area contributed by atoms with E-state index in [1.54, 1.807) is 6.20 Å². The van der Waals surface area contributed by atoms with Gasteiger partial charge in [0, 0.05) is 103 Å². The molecule has 2 aromatic carbocycles. The highest BCUT2D eigenvalue weighted by Crippen LogP contribution is 2.41. The van der Waals surface area contributed by atoms with Crippen molar-refractivity contribution >= 4 is 123 Å². The quantitative estimate of drug-likeness (QED) is 0.0407. The molecular weight excluding hydrogens is 1260 g/mol. The number of aromatic nitrogens is 6. The van der Waals surface area contributed by atoms with E-state index in [0.29, 0.717) is 29.5 Å². The van der Waals surface area contributed by atoms with E-state index in [9.17, 15) is 9.59 Å². The molecule has 2 amide bonds. The third-order valence-corrected chi connectivity index (χ3v) is 19.7. The van der Waals surface area contributed by atoms with Crippen LogP contribution in [0.2, 0.25) is 66.7 Å². The first-order valence-electron chi connectivity index (χ1n) is 27.7. The minimum Gasteiger partial charge on any atom is -0.444 e. The molecule has 4 atom stereocenters. The first-order chi connectivity index (χ1) is 37.8. The van der Waals surface area contributed by atoms with Gasteiger partial charge in [0.2, 0.25) is 11.2 Å². The van der Waals surface area contributed by atoms with Crippen LogP contribution in [-0.4, -0.2) is 106 Å². The summed E-state index contributed by atoms with van der Waals surface area (Å²) in [6, 6.07) is 10.4. The normalized spacial score (nSPS) is 17.6. The lowest BCUT2D eigenvalue weighted by Crippen LogP contribution is -2.45. The second-order valence-electron chi connectivity index (χ2n) is 25.4. The van der Waals surface area contributed by atoms with Crippen molar-refractivity contribution in [1.29, 1.82) is 0 Å². The Labute approximate surface area is 512 Å². The number of alkyl carbamates (subject to hydrolysis) is 2. The van der Waals surface area contributed by atoms with Crippen LogP contribution in [0.3, 0.4) is 0 Å². The summed E-state index contributed by atoms with van der Waals surface area (Å²) in [5.74, 6) is 0.527. The minimum absolute atomic E-state index is 0.00887. The Bertz CT molecular complexity index is 3140. The van der Waals surface area contributed by atoms with E-state index in [1.807, 2.05) is 90.5 Å². The highest BCUT2D eigenvalue weighted by atomic mass is 79.9. The Balaban J connectivity index is 0.000000221. The summed E-state index contributed by atoms with van der Waals surface area (Å²) in [6.45, 7) is 31.5. The Morgan fingerprint density at radius 3 is 1.54 bits per heavy atom. The fourth-order valence-electron chi connectivity index (χ4n) is 9.35. The maximum atomic E-state index is 12.4. The summed E-state index contributed by atoms with van der Waals surface area (Å²) in [7, 11) is -2.32. The second-order valence-corrected chi connectivity index (χ2v) is 39.5. The number of nitrogens with two attached hydrogens (primary N) is 1. The Hall–Kier alpha value is -3.84. The van der Waals surface area contributed by atoms with E-state index >= 15 is 0 Å². The van der Waals surface area contributed by atoms with E-state index in [4.69, 9.17) is 64.5 Å². The number of benzene rings is 2. The molecule has 4 heterocycles. The molecule has 0 saturated heterocycles. The van der Waals surface area contributed by atoms with Gasteiger partial charge >= 0.3 is 12.2 Å². The average molecular weight is 1340 g/mol. The number of amides is 2. The smallest absolute Gasteiger partial charge is 0.407 e. The van der Waals surface area contributed by atoms with Crippen molar-refractivity contribution in [2.24, 2.45) is 5.73 Å². The predicted molar refractivity (Wildman–Crippen MR) is 343 cm³/mol. The third-order valence-electron chi connectivity index (χ3n) is 13.5. The van der Waals surface area contributed by atoms with Gasteiger partial charge < -0.3 is 49.8 Å². The predicted octanol–water partition coefficient (Wildman–Crippen LogP) is 16.2. The molecule has 2 aliphatic rings. The van der Waals surface area contributed by atoms with Crippen molar-refractivity contribution in [2.45, 2.75) is 194 Å². The van der Waals surface area contributed by atoms with Crippen molar-refractivity contribution in [3.8, 4) is 22.5 Å². The van der Waals surface area contributed by atoms with Gasteiger partial charge in [-0.1, -0.05) is 74.6 Å². The van der Waals surface area contributed by atoms with Crippen molar-refractivity contribution in [3.05, 3.63) is 84.5 Å². The summed E-state index contributed by atoms with van der Waals surface area (Å²) in [4.78, 5) is 41.8. The monoisotopic (exact) mass is 1330 g/mol. The van der Waals surface area contributed by atoms with Crippen molar-refractivity contribution < 1.29 is 28.5 Å². The molecule has 0 spiro atoms. The standard InChI is InChI=1S/C29H41BrClN5O3Si.C19H22BrCl2N3OSi.C10H20N2O2/c1-18-15-32-27(33-22-9-8-10-23(22)34-28(37)39-29(2,3)4)35-25(18)20-16-36(17-38-13-14-40(5,6)7)26-19(20)11-12-21(30)24(26)31;1-12-9-23-19(22)24-17(12)14-10-25(11-26-7-8-27(2,3)4)18-13(14)5-6-15(20)16(18)21;1-10(2,3)14-9(13)12-8-6-4-5-7(8)11/h11-12,15-16,22-23H,8-10,13-14,17H2,1-7H3,(H,34,37)(H,32,33,35);5-6,9-10H,7-8,11H2,1-4H3;7-8H,4-6,11H2,1-3H3,(H,12,13)/t22-,23-;;7-,8-/m0.0/s1. The summed E-state index contributed by atoms with van der Waals surface area (Å²) >= 11 is 26.6. The van der Waals surface area contributed by atoms with Crippen LogP contribution in [-0.2, 0) is 32.4 Å². The number of ether oxygens (including phenoxy) is 4. The van der Waals surface area contributed by atoms with Crippen LogP contribution in [0, 0.1) is 13.8 Å². The van der Waals surface area contributed by atoms with E-state index < -0.39 is 33.4 Å². The highest BCUT2D eigenvalue weighted by molar-refractivity contribution is 9.10. The number of carbonyl (C=O) groups excluding carboxylic acids is 2. The lowest BCUT2D eigenvalue weighted by molar-refractivity contribution is 0.0490. The molecule has 0 unspecified atom stereocenters. The maximum absolute atomic E-state index is 12.4. The Kier molecular flexibility index (Phi) is 23.2. The zero-order valence-electron chi connectivity index (χ0n) is 49.5. The van der Waals surface area contributed by atoms with Crippen LogP contribution in [0.4, 0.5) is 15.5 Å². The van der Waals surface area contributed by atoms with E-state index in [-0.39, 0.29) is 35.5 Å². The zero-order valence-corrected chi connectivity index (χ0v) is 57.0. The molecule has 8 rings (SSSR count). The molecule has 81 heavy (non-hydrogen) atoms. The van der Waals surface area contributed by atoms with Gasteiger partial charge in [0.15, 0.2) is 0 Å². The SMILES string of the molecule is CC(C)(C)OC(=O)N[C@H]1CCC[C@@H]1N.Cc1cnc(Cl)nc1-c1cn(COCC[Si](C)(C)C)c2c(Cl)c(Br)ccc12.Cc1cnc(N[C@H]2CCC[C@@H]2NC(=O)OC(C)(C)C)nc1-c1cn(COCC[Si](C)(C)C)c2c(Cl)c(Br)ccc12. The fourth-order valence-corrected chi connectivity index (χ4v) is 12.2. The summed E-state index contributed by atoms with van der Waals surface area (Å²) < 4.78 is 28.5. The van der Waals surface area contributed by atoms with Crippen LogP contribution < -0.4 is 21.7 Å². The lowest BCUT2D eigenvalue weighted by atomic mass is 10.1. The number of rotatable bonds is 16. The number of nitrogens with zero attached hydrogens (tertiary/aromatic N) is 6. The highest BCUT2D eigenvalue weighted by Gasteiger charge is 2.32. The van der Waals surface area contributed by atoms with Crippen LogP contribution in [0.1, 0.15) is 91.2 Å². The van der Waals surface area contributed by atoms with E-state index in [1.165, 1.54) is 0 Å². The number of aryl methyl sites for hydroxylation is 2. The molecule has 0 aliphatic heterocycles. The van der Waals surface area contributed by atoms with Gasteiger partial charge in [0.1, 0.15) is 24.7 Å². The van der Waals surface area contributed by atoms with E-state index in [0.717, 1.165) is 128 Å². The van der Waals surface area contributed by atoms with Crippen LogP contribution >= 0.6 is 66.7 Å². The van der Waals surface area contributed by atoms with Crippen LogP contribution in [0.15, 0.2) is 58.0 Å². The molecule has 2 aliphatic carbocycles. The van der Waals surface area contributed by atoms with Gasteiger partial charge in [-0.15, -0.1) is 0 Å². The number of fused-ring (bicyclic) bond motifs is 2. The van der Waals surface area contributed by atoms with Crippen molar-refractivity contribution in [1.82, 2.24) is 39.7 Å². The molecule has 0 radical (unpaired) electrons. The average Bonchev–Trinajstić information content (AvgIpc) is 4.17. The largest absolute Gasteiger partial charge is 0.444 e. The van der Waals surface area contributed by atoms with Gasteiger partial charge in [-0.3, -0.25) is 0 Å². The zero-order chi connectivity index (χ0) is 59.8. The molecule has 23 heteroatoms.